The third-order valence-electron chi connectivity index (χ3n) is 2.99. The van der Waals surface area contributed by atoms with E-state index in [1.165, 1.54) is 0 Å². The molecular weight excluding hydrogens is 324 g/mol. The second-order valence-corrected chi connectivity index (χ2v) is 6.41. The van der Waals surface area contributed by atoms with Crippen LogP contribution in [0.2, 0.25) is 0 Å². The molecule has 0 radical (unpaired) electrons. The Hall–Kier alpha value is -0.750. The Morgan fingerprint density at radius 2 is 2.26 bits per heavy atom. The molecule has 0 amide bonds. The van der Waals surface area contributed by atoms with Gasteiger partial charge in [0.15, 0.2) is 0 Å². The largest absolute Gasteiger partial charge is 0.394 e. The predicted octanol–water partition coefficient (Wildman–Crippen LogP) is 3.38. The molecule has 0 bridgehead atoms. The van der Waals surface area contributed by atoms with Gasteiger partial charge in [0.25, 0.3) is 0 Å². The fourth-order valence-electron chi connectivity index (χ4n) is 2.01. The first-order chi connectivity index (χ1) is 9.10. The molecule has 1 heterocycles. The molecule has 2 aromatic rings. The Bertz CT molecular complexity index is 544. The van der Waals surface area contributed by atoms with Crippen LogP contribution < -0.4 is 0 Å². The van der Waals surface area contributed by atoms with Crippen molar-refractivity contribution in [2.24, 2.45) is 0 Å². The Morgan fingerprint density at radius 3 is 2.84 bits per heavy atom. The summed E-state index contributed by atoms with van der Waals surface area (Å²) in [5.74, 6) is 0. The van der Waals surface area contributed by atoms with Gasteiger partial charge in [0, 0.05) is 15.5 Å². The highest BCUT2D eigenvalue weighted by molar-refractivity contribution is 9.10. The molecule has 1 atom stereocenters. The Labute approximate surface area is 126 Å². The van der Waals surface area contributed by atoms with E-state index in [0.717, 1.165) is 27.3 Å². The van der Waals surface area contributed by atoms with E-state index in [-0.39, 0.29) is 12.6 Å². The number of thiazole rings is 1. The van der Waals surface area contributed by atoms with Crippen LogP contribution in [0.3, 0.4) is 0 Å². The van der Waals surface area contributed by atoms with Crippen molar-refractivity contribution in [2.45, 2.75) is 19.5 Å². The van der Waals surface area contributed by atoms with Crippen molar-refractivity contribution >= 4 is 27.3 Å². The zero-order chi connectivity index (χ0) is 13.8. The maximum atomic E-state index is 9.65. The fourth-order valence-corrected chi connectivity index (χ4v) is 3.26. The first-order valence-electron chi connectivity index (χ1n) is 6.07. The number of aromatic nitrogens is 1. The first kappa shape index (κ1) is 14.7. The number of benzene rings is 1. The van der Waals surface area contributed by atoms with Gasteiger partial charge < -0.3 is 5.11 Å². The smallest absolute Gasteiger partial charge is 0.107 e. The van der Waals surface area contributed by atoms with Gasteiger partial charge in [-0.3, -0.25) is 4.90 Å². The van der Waals surface area contributed by atoms with Crippen LogP contribution in [-0.2, 0) is 6.54 Å². The highest BCUT2D eigenvalue weighted by Crippen LogP contribution is 2.24. The van der Waals surface area contributed by atoms with E-state index in [0.29, 0.717) is 0 Å². The van der Waals surface area contributed by atoms with Crippen molar-refractivity contribution < 1.29 is 5.11 Å². The molecule has 0 fully saturated rings. The zero-order valence-corrected chi connectivity index (χ0v) is 13.4. The lowest BCUT2D eigenvalue weighted by Gasteiger charge is -2.26. The van der Waals surface area contributed by atoms with Gasteiger partial charge in [0.1, 0.15) is 5.01 Å². The van der Waals surface area contributed by atoms with E-state index >= 15 is 0 Å². The summed E-state index contributed by atoms with van der Waals surface area (Å²) >= 11 is 5.13. The van der Waals surface area contributed by atoms with Crippen molar-refractivity contribution in [1.29, 1.82) is 0 Å². The van der Waals surface area contributed by atoms with Crippen LogP contribution in [0, 0.1) is 6.92 Å². The highest BCUT2D eigenvalue weighted by Gasteiger charge is 2.17. The minimum atomic E-state index is -0.0123. The van der Waals surface area contributed by atoms with Crippen LogP contribution >= 0.6 is 27.3 Å². The quantitative estimate of drug-likeness (QED) is 0.906. The van der Waals surface area contributed by atoms with Crippen LogP contribution in [0.15, 0.2) is 34.1 Å². The predicted molar refractivity (Wildman–Crippen MR) is 82.3 cm³/mol. The van der Waals surface area contributed by atoms with Crippen LogP contribution in [0.1, 0.15) is 22.3 Å². The molecule has 0 saturated heterocycles. The van der Waals surface area contributed by atoms with Crippen molar-refractivity contribution in [2.75, 3.05) is 13.7 Å². The van der Waals surface area contributed by atoms with Gasteiger partial charge in [0.05, 0.1) is 19.2 Å². The van der Waals surface area contributed by atoms with Crippen molar-refractivity contribution in [1.82, 2.24) is 9.88 Å². The number of aryl methyl sites for hydroxylation is 1. The average molecular weight is 341 g/mol. The Morgan fingerprint density at radius 1 is 1.47 bits per heavy atom. The summed E-state index contributed by atoms with van der Waals surface area (Å²) in [4.78, 5) is 6.59. The van der Waals surface area contributed by atoms with Gasteiger partial charge in [-0.25, -0.2) is 4.98 Å². The van der Waals surface area contributed by atoms with Crippen LogP contribution in [0.4, 0.5) is 0 Å². The standard InChI is InChI=1S/C14H17BrN2OS/c1-10-9-19-14(16-10)7-17(2)13(8-18)11-4-3-5-12(15)6-11/h3-6,9,13,18H,7-8H2,1-2H3/t13-/m0/s1. The molecule has 1 N–H and O–H groups in total. The molecule has 0 aliphatic carbocycles. The van der Waals surface area contributed by atoms with Crippen LogP contribution in [0.25, 0.3) is 0 Å². The maximum Gasteiger partial charge on any atom is 0.107 e. The SMILES string of the molecule is Cc1csc(CN(C)[C@@H](CO)c2cccc(Br)c2)n1. The van der Waals surface area contributed by atoms with Gasteiger partial charge in [-0.05, 0) is 31.7 Å². The number of rotatable bonds is 5. The molecule has 3 nitrogen and oxygen atoms in total. The van der Waals surface area contributed by atoms with E-state index in [9.17, 15) is 5.11 Å². The molecule has 5 heteroatoms. The lowest BCUT2D eigenvalue weighted by molar-refractivity contribution is 0.142. The van der Waals surface area contributed by atoms with E-state index in [1.807, 2.05) is 38.2 Å². The van der Waals surface area contributed by atoms with Crippen molar-refractivity contribution in [3.63, 3.8) is 0 Å². The monoisotopic (exact) mass is 340 g/mol. The second kappa shape index (κ2) is 6.61. The summed E-state index contributed by atoms with van der Waals surface area (Å²) in [6.45, 7) is 2.84. The summed E-state index contributed by atoms with van der Waals surface area (Å²) in [7, 11) is 2.01. The lowest BCUT2D eigenvalue weighted by atomic mass is 10.1. The molecule has 0 aliphatic heterocycles. The lowest BCUT2D eigenvalue weighted by Crippen LogP contribution is -2.26. The number of hydrogen-bond acceptors (Lipinski definition) is 4. The number of aliphatic hydroxyl groups is 1. The van der Waals surface area contributed by atoms with Crippen molar-refractivity contribution in [3.8, 4) is 0 Å². The summed E-state index contributed by atoms with van der Waals surface area (Å²) in [5.41, 5.74) is 2.16. The van der Waals surface area contributed by atoms with E-state index in [4.69, 9.17) is 0 Å². The summed E-state index contributed by atoms with van der Waals surface area (Å²) in [6, 6.07) is 8.05. The number of likely N-dealkylation sites (N-methyl/N-ethyl adjacent to an activating group) is 1. The van der Waals surface area contributed by atoms with Crippen molar-refractivity contribution in [3.05, 3.63) is 50.4 Å². The zero-order valence-electron chi connectivity index (χ0n) is 11.0. The molecule has 2 rings (SSSR count). The first-order valence-corrected chi connectivity index (χ1v) is 7.75. The maximum absolute atomic E-state index is 9.65. The van der Waals surface area contributed by atoms with Gasteiger partial charge >= 0.3 is 0 Å². The van der Waals surface area contributed by atoms with E-state index < -0.39 is 0 Å². The minimum Gasteiger partial charge on any atom is -0.394 e. The van der Waals surface area contributed by atoms with E-state index in [2.05, 4.69) is 31.2 Å². The third-order valence-corrected chi connectivity index (χ3v) is 4.43. The van der Waals surface area contributed by atoms with Gasteiger partial charge in [0.2, 0.25) is 0 Å². The normalized spacial score (nSPS) is 12.9. The molecule has 0 spiro atoms. The van der Waals surface area contributed by atoms with Crippen LogP contribution in [-0.4, -0.2) is 28.6 Å². The molecule has 19 heavy (non-hydrogen) atoms. The molecule has 0 aliphatic rings. The van der Waals surface area contributed by atoms with Gasteiger partial charge in [-0.15, -0.1) is 11.3 Å². The minimum absolute atomic E-state index is 0.0123. The average Bonchev–Trinajstić information content (AvgIpc) is 2.75. The molecule has 0 saturated carbocycles. The summed E-state index contributed by atoms with van der Waals surface area (Å²) in [5, 5.41) is 12.8. The second-order valence-electron chi connectivity index (χ2n) is 4.55. The third kappa shape index (κ3) is 3.86. The summed E-state index contributed by atoms with van der Waals surface area (Å²) < 4.78 is 1.03. The Kier molecular flexibility index (Phi) is 5.10. The number of aliphatic hydroxyl groups excluding tert-OH is 1. The topological polar surface area (TPSA) is 36.4 Å². The molecular formula is C14H17BrN2OS. The number of nitrogens with zero attached hydrogens (tertiary/aromatic N) is 2. The fraction of sp³-hybridized carbons (Fsp3) is 0.357. The number of hydrogen-bond donors (Lipinski definition) is 1. The number of halogens is 1. The Balaban J connectivity index is 2.12. The molecule has 1 aromatic heterocycles. The highest BCUT2D eigenvalue weighted by atomic mass is 79.9. The van der Waals surface area contributed by atoms with E-state index in [1.54, 1.807) is 11.3 Å². The molecule has 102 valence electrons. The van der Waals surface area contributed by atoms with Gasteiger partial charge in [-0.1, -0.05) is 28.1 Å². The summed E-state index contributed by atoms with van der Waals surface area (Å²) in [6.07, 6.45) is 0. The molecule has 0 unspecified atom stereocenters. The van der Waals surface area contributed by atoms with Gasteiger partial charge in [-0.2, -0.15) is 0 Å². The van der Waals surface area contributed by atoms with Crippen LogP contribution in [0.5, 0.6) is 0 Å². The molecule has 1 aromatic carbocycles.